The second kappa shape index (κ2) is 8.14. The molecule has 0 aliphatic heterocycles. The van der Waals surface area contributed by atoms with Crippen LogP contribution in [0.5, 0.6) is 5.75 Å². The third-order valence-corrected chi connectivity index (χ3v) is 5.75. The highest BCUT2D eigenvalue weighted by molar-refractivity contribution is 8.02. The van der Waals surface area contributed by atoms with Gasteiger partial charge in [-0.1, -0.05) is 23.9 Å². The summed E-state index contributed by atoms with van der Waals surface area (Å²) in [6.07, 6.45) is 1.16. The maximum Gasteiger partial charge on any atom is 0.270 e. The monoisotopic (exact) mass is 402 g/mol. The fourth-order valence-electron chi connectivity index (χ4n) is 2.12. The van der Waals surface area contributed by atoms with E-state index in [0.717, 1.165) is 20.8 Å². The van der Waals surface area contributed by atoms with E-state index in [1.807, 2.05) is 24.3 Å². The molecule has 138 valence electrons. The molecule has 0 radical (unpaired) electrons. The molecule has 27 heavy (non-hydrogen) atoms. The summed E-state index contributed by atoms with van der Waals surface area (Å²) in [5.41, 5.74) is 3.21. The molecule has 0 saturated heterocycles. The molecule has 1 atom stereocenters. The van der Waals surface area contributed by atoms with Crippen LogP contribution in [0.3, 0.4) is 0 Å². The molecule has 0 saturated carbocycles. The van der Waals surface area contributed by atoms with Crippen molar-refractivity contribution in [2.75, 3.05) is 0 Å². The summed E-state index contributed by atoms with van der Waals surface area (Å²) in [6.45, 7) is 1.73. The Morgan fingerprint density at radius 2 is 2.19 bits per heavy atom. The van der Waals surface area contributed by atoms with Crippen molar-refractivity contribution in [3.8, 4) is 5.75 Å². The van der Waals surface area contributed by atoms with Crippen molar-refractivity contribution in [2.24, 2.45) is 5.10 Å². The van der Waals surface area contributed by atoms with E-state index < -0.39 is 10.2 Å². The van der Waals surface area contributed by atoms with E-state index in [2.05, 4.69) is 15.5 Å². The number of hydrogen-bond acceptors (Lipinski definition) is 8. The molecule has 2 N–H and O–H groups in total. The van der Waals surface area contributed by atoms with E-state index in [4.69, 9.17) is 0 Å². The number of aromatic hydroxyl groups is 1. The summed E-state index contributed by atoms with van der Waals surface area (Å²) in [7, 11) is 0. The maximum atomic E-state index is 12.2. The zero-order valence-electron chi connectivity index (χ0n) is 14.0. The number of amides is 1. The first-order valence-electron chi connectivity index (χ1n) is 7.76. The molecule has 0 spiro atoms. The quantitative estimate of drug-likeness (QED) is 0.282. The number of nitro benzene ring substituents is 1. The number of carbonyl (C=O) groups is 1. The van der Waals surface area contributed by atoms with Gasteiger partial charge < -0.3 is 5.11 Å². The van der Waals surface area contributed by atoms with Crippen molar-refractivity contribution in [1.82, 2.24) is 10.4 Å². The Bertz CT molecular complexity index is 1000. The average Bonchev–Trinajstić information content (AvgIpc) is 3.05. The Kier molecular flexibility index (Phi) is 5.67. The van der Waals surface area contributed by atoms with Gasteiger partial charge in [-0.3, -0.25) is 14.9 Å². The van der Waals surface area contributed by atoms with Gasteiger partial charge in [0.2, 0.25) is 0 Å². The Morgan fingerprint density at radius 1 is 1.41 bits per heavy atom. The number of carbonyl (C=O) groups excluding carboxylic acids is 1. The Morgan fingerprint density at radius 3 is 2.93 bits per heavy atom. The number of thioether (sulfide) groups is 1. The van der Waals surface area contributed by atoms with Gasteiger partial charge in [0, 0.05) is 17.7 Å². The minimum Gasteiger partial charge on any atom is -0.507 e. The normalized spacial score (nSPS) is 12.3. The van der Waals surface area contributed by atoms with Gasteiger partial charge in [-0.25, -0.2) is 10.4 Å². The Hall–Kier alpha value is -2.98. The molecule has 2 aromatic carbocycles. The van der Waals surface area contributed by atoms with Gasteiger partial charge in [0.15, 0.2) is 4.34 Å². The zero-order valence-corrected chi connectivity index (χ0v) is 15.7. The maximum absolute atomic E-state index is 12.2. The van der Waals surface area contributed by atoms with Crippen LogP contribution < -0.4 is 5.43 Å². The van der Waals surface area contributed by atoms with Gasteiger partial charge >= 0.3 is 0 Å². The number of nitrogens with one attached hydrogen (secondary N) is 1. The number of nitrogens with zero attached hydrogens (tertiary/aromatic N) is 3. The highest BCUT2D eigenvalue weighted by atomic mass is 32.2. The zero-order chi connectivity index (χ0) is 19.4. The summed E-state index contributed by atoms with van der Waals surface area (Å²) >= 11 is 2.82. The Balaban J connectivity index is 1.62. The van der Waals surface area contributed by atoms with Gasteiger partial charge in [-0.2, -0.15) is 5.10 Å². The minimum absolute atomic E-state index is 0.135. The van der Waals surface area contributed by atoms with Crippen molar-refractivity contribution in [2.45, 2.75) is 16.5 Å². The van der Waals surface area contributed by atoms with Crippen molar-refractivity contribution in [1.29, 1.82) is 0 Å². The van der Waals surface area contributed by atoms with Crippen LogP contribution in [0.25, 0.3) is 10.2 Å². The molecular weight excluding hydrogens is 388 g/mol. The van der Waals surface area contributed by atoms with Crippen LogP contribution >= 0.6 is 23.1 Å². The van der Waals surface area contributed by atoms with E-state index in [-0.39, 0.29) is 22.9 Å². The fraction of sp³-hybridized carbons (Fsp3) is 0.118. The number of rotatable bonds is 6. The fourth-order valence-corrected chi connectivity index (χ4v) is 4.33. The SMILES string of the molecule is C[C@@H](Sc1nc2ccccc2s1)C(=O)N/N=C\c1cc([N+](=O)[O-])ccc1O. The number of thiazole rings is 1. The van der Waals surface area contributed by atoms with Gasteiger partial charge in [-0.05, 0) is 25.1 Å². The molecule has 1 aromatic heterocycles. The van der Waals surface area contributed by atoms with Crippen molar-refractivity contribution in [3.63, 3.8) is 0 Å². The van der Waals surface area contributed by atoms with Crippen LogP contribution in [0.2, 0.25) is 0 Å². The first kappa shape index (κ1) is 18.8. The molecule has 0 unspecified atom stereocenters. The van der Waals surface area contributed by atoms with E-state index in [0.29, 0.717) is 0 Å². The number of phenolic OH excluding ortho intramolecular Hbond substituents is 1. The number of hydrogen-bond donors (Lipinski definition) is 2. The van der Waals surface area contributed by atoms with Crippen LogP contribution in [0.1, 0.15) is 12.5 Å². The van der Waals surface area contributed by atoms with E-state index in [1.54, 1.807) is 6.92 Å². The highest BCUT2D eigenvalue weighted by Crippen LogP contribution is 2.31. The molecule has 0 aliphatic rings. The Labute approximate surface area is 162 Å². The number of hydrazone groups is 1. The lowest BCUT2D eigenvalue weighted by Crippen LogP contribution is -2.26. The molecular formula is C17H14N4O4S2. The first-order valence-corrected chi connectivity index (χ1v) is 9.46. The highest BCUT2D eigenvalue weighted by Gasteiger charge is 2.16. The van der Waals surface area contributed by atoms with Crippen LogP contribution in [0.15, 0.2) is 51.9 Å². The lowest BCUT2D eigenvalue weighted by atomic mass is 10.2. The summed E-state index contributed by atoms with van der Waals surface area (Å²) in [5.74, 6) is -0.518. The van der Waals surface area contributed by atoms with E-state index >= 15 is 0 Å². The molecule has 0 aliphatic carbocycles. The second-order valence-electron chi connectivity index (χ2n) is 5.44. The number of non-ortho nitro benzene ring substituents is 1. The largest absolute Gasteiger partial charge is 0.507 e. The van der Waals surface area contributed by atoms with Crippen molar-refractivity contribution < 1.29 is 14.8 Å². The summed E-state index contributed by atoms with van der Waals surface area (Å²) in [4.78, 5) is 26.8. The standard InChI is InChI=1S/C17H14N4O4S2/c1-10(26-17-19-13-4-2-3-5-15(13)27-17)16(23)20-18-9-11-8-12(21(24)25)6-7-14(11)22/h2-10,22H,1H3,(H,20,23)/b18-9-/t10-/m1/s1. The molecule has 1 heterocycles. The third kappa shape index (κ3) is 4.60. The average molecular weight is 402 g/mol. The number of para-hydroxylation sites is 1. The molecule has 3 rings (SSSR count). The van der Waals surface area contributed by atoms with Gasteiger partial charge in [0.1, 0.15) is 5.75 Å². The van der Waals surface area contributed by atoms with Crippen molar-refractivity contribution in [3.05, 3.63) is 58.1 Å². The molecule has 0 bridgehead atoms. The number of nitro groups is 1. The lowest BCUT2D eigenvalue weighted by Gasteiger charge is -2.06. The van der Waals surface area contributed by atoms with Gasteiger partial charge in [-0.15, -0.1) is 11.3 Å². The second-order valence-corrected chi connectivity index (χ2v) is 8.06. The van der Waals surface area contributed by atoms with Gasteiger partial charge in [0.25, 0.3) is 11.6 Å². The van der Waals surface area contributed by atoms with Crippen LogP contribution in [0, 0.1) is 10.1 Å². The summed E-state index contributed by atoms with van der Waals surface area (Å²) in [6, 6.07) is 11.3. The van der Waals surface area contributed by atoms with Crippen LogP contribution in [0.4, 0.5) is 5.69 Å². The molecule has 8 nitrogen and oxygen atoms in total. The van der Waals surface area contributed by atoms with Crippen LogP contribution in [-0.2, 0) is 4.79 Å². The number of aromatic nitrogens is 1. The summed E-state index contributed by atoms with van der Waals surface area (Å²) < 4.78 is 1.82. The molecule has 3 aromatic rings. The smallest absolute Gasteiger partial charge is 0.270 e. The summed E-state index contributed by atoms with van der Waals surface area (Å²) in [5, 5.41) is 23.8. The van der Waals surface area contributed by atoms with E-state index in [1.165, 1.54) is 41.3 Å². The van der Waals surface area contributed by atoms with Crippen molar-refractivity contribution >= 4 is 51.1 Å². The number of fused-ring (bicyclic) bond motifs is 1. The predicted octanol–water partition coefficient (Wildman–Crippen LogP) is 3.54. The number of phenols is 1. The van der Waals surface area contributed by atoms with Crippen LogP contribution in [-0.4, -0.2) is 32.4 Å². The third-order valence-electron chi connectivity index (χ3n) is 3.52. The number of benzene rings is 2. The molecule has 1 amide bonds. The molecule has 0 fully saturated rings. The lowest BCUT2D eigenvalue weighted by molar-refractivity contribution is -0.384. The molecule has 10 heteroatoms. The van der Waals surface area contributed by atoms with Gasteiger partial charge in [0.05, 0.1) is 26.6 Å². The minimum atomic E-state index is -0.577. The first-order chi connectivity index (χ1) is 12.9. The topological polar surface area (TPSA) is 118 Å². The van der Waals surface area contributed by atoms with E-state index in [9.17, 15) is 20.0 Å². The predicted molar refractivity (Wildman–Crippen MR) is 105 cm³/mol.